The lowest BCUT2D eigenvalue weighted by atomic mass is 10.1. The van der Waals surface area contributed by atoms with Gasteiger partial charge in [-0.25, -0.2) is 0 Å². The number of rotatable bonds is 7. The lowest BCUT2D eigenvalue weighted by Crippen LogP contribution is -2.03. The fourth-order valence-corrected chi connectivity index (χ4v) is 4.37. The van der Waals surface area contributed by atoms with Crippen molar-refractivity contribution in [3.8, 4) is 11.5 Å². The SMILES string of the molecule is COc1cc(CNc2ccc(Br)cc2C)cc(Cl)c1OCc1cccc2ccccc12. The van der Waals surface area contributed by atoms with E-state index in [1.54, 1.807) is 7.11 Å². The lowest BCUT2D eigenvalue weighted by Gasteiger charge is -2.16. The van der Waals surface area contributed by atoms with Gasteiger partial charge < -0.3 is 14.8 Å². The Bertz CT molecular complexity index is 1220. The van der Waals surface area contributed by atoms with E-state index < -0.39 is 0 Å². The summed E-state index contributed by atoms with van der Waals surface area (Å²) in [4.78, 5) is 0. The van der Waals surface area contributed by atoms with Gasteiger partial charge in [-0.15, -0.1) is 0 Å². The third-order valence-electron chi connectivity index (χ3n) is 5.21. The monoisotopic (exact) mass is 495 g/mol. The molecule has 0 unspecified atom stereocenters. The van der Waals surface area contributed by atoms with E-state index in [0.717, 1.165) is 21.3 Å². The Hall–Kier alpha value is -2.69. The van der Waals surface area contributed by atoms with Crippen molar-refractivity contribution in [2.45, 2.75) is 20.1 Å². The molecule has 0 radical (unpaired) electrons. The minimum Gasteiger partial charge on any atom is -0.493 e. The number of aryl methyl sites for hydroxylation is 1. The van der Waals surface area contributed by atoms with Gasteiger partial charge in [-0.3, -0.25) is 0 Å². The maximum atomic E-state index is 6.59. The van der Waals surface area contributed by atoms with E-state index in [1.807, 2.05) is 36.4 Å². The zero-order valence-corrected chi connectivity index (χ0v) is 19.8. The van der Waals surface area contributed by atoms with E-state index in [4.69, 9.17) is 21.1 Å². The molecule has 0 amide bonds. The third-order valence-corrected chi connectivity index (χ3v) is 5.99. The number of hydrogen-bond acceptors (Lipinski definition) is 3. The molecular weight excluding hydrogens is 474 g/mol. The molecule has 0 heterocycles. The molecule has 1 N–H and O–H groups in total. The number of nitrogens with one attached hydrogen (secondary N) is 1. The molecule has 0 atom stereocenters. The van der Waals surface area contributed by atoms with Gasteiger partial charge in [0, 0.05) is 16.7 Å². The summed E-state index contributed by atoms with van der Waals surface area (Å²) in [5, 5.41) is 6.35. The van der Waals surface area contributed by atoms with E-state index >= 15 is 0 Å². The van der Waals surface area contributed by atoms with E-state index in [0.29, 0.717) is 29.7 Å². The lowest BCUT2D eigenvalue weighted by molar-refractivity contribution is 0.285. The van der Waals surface area contributed by atoms with Crippen molar-refractivity contribution in [3.63, 3.8) is 0 Å². The number of halogens is 2. The predicted molar refractivity (Wildman–Crippen MR) is 132 cm³/mol. The first-order valence-corrected chi connectivity index (χ1v) is 11.2. The molecule has 4 aromatic rings. The van der Waals surface area contributed by atoms with Crippen LogP contribution in [0, 0.1) is 6.92 Å². The highest BCUT2D eigenvalue weighted by Crippen LogP contribution is 2.37. The Morgan fingerprint density at radius 2 is 1.77 bits per heavy atom. The molecular formula is C26H23BrClNO2. The molecule has 3 nitrogen and oxygen atoms in total. The molecule has 158 valence electrons. The number of anilines is 1. The zero-order valence-electron chi connectivity index (χ0n) is 17.4. The average molecular weight is 497 g/mol. The van der Waals surface area contributed by atoms with Crippen LogP contribution in [-0.2, 0) is 13.2 Å². The molecule has 0 fully saturated rings. The third kappa shape index (κ3) is 4.97. The van der Waals surface area contributed by atoms with E-state index in [-0.39, 0.29) is 0 Å². The summed E-state index contributed by atoms with van der Waals surface area (Å²) in [5.41, 5.74) is 4.37. The van der Waals surface area contributed by atoms with Crippen LogP contribution in [0.2, 0.25) is 5.02 Å². The summed E-state index contributed by atoms with van der Waals surface area (Å²) in [6, 6.07) is 24.5. The molecule has 0 aliphatic heterocycles. The highest BCUT2D eigenvalue weighted by atomic mass is 79.9. The Morgan fingerprint density at radius 1 is 0.968 bits per heavy atom. The Kier molecular flexibility index (Phi) is 6.69. The van der Waals surface area contributed by atoms with Crippen molar-refractivity contribution in [3.05, 3.63) is 99.0 Å². The highest BCUT2D eigenvalue weighted by molar-refractivity contribution is 9.10. The van der Waals surface area contributed by atoms with Gasteiger partial charge in [0.25, 0.3) is 0 Å². The van der Waals surface area contributed by atoms with E-state index in [1.165, 1.54) is 16.3 Å². The molecule has 0 saturated heterocycles. The summed E-state index contributed by atoms with van der Waals surface area (Å²) in [6.07, 6.45) is 0. The van der Waals surface area contributed by atoms with Crippen molar-refractivity contribution in [1.82, 2.24) is 0 Å². The number of methoxy groups -OCH3 is 1. The molecule has 0 aromatic heterocycles. The first-order valence-electron chi connectivity index (χ1n) is 10.0. The van der Waals surface area contributed by atoms with Gasteiger partial charge in [0.05, 0.1) is 12.1 Å². The molecule has 4 aromatic carbocycles. The number of hydrogen-bond donors (Lipinski definition) is 1. The van der Waals surface area contributed by atoms with Crippen LogP contribution in [0.4, 0.5) is 5.69 Å². The number of benzene rings is 4. The summed E-state index contributed by atoms with van der Waals surface area (Å²) in [6.45, 7) is 3.11. The Balaban J connectivity index is 1.52. The molecule has 0 spiro atoms. The van der Waals surface area contributed by atoms with Crippen LogP contribution in [0.3, 0.4) is 0 Å². The first kappa shape index (κ1) is 21.5. The molecule has 0 aliphatic carbocycles. The molecule has 0 aliphatic rings. The minimum absolute atomic E-state index is 0.410. The smallest absolute Gasteiger partial charge is 0.180 e. The molecule has 0 bridgehead atoms. The summed E-state index contributed by atoms with van der Waals surface area (Å²) in [5.74, 6) is 1.18. The second-order valence-electron chi connectivity index (χ2n) is 7.35. The summed E-state index contributed by atoms with van der Waals surface area (Å²) < 4.78 is 12.8. The zero-order chi connectivity index (χ0) is 21.8. The second-order valence-corrected chi connectivity index (χ2v) is 8.67. The largest absolute Gasteiger partial charge is 0.493 e. The molecule has 31 heavy (non-hydrogen) atoms. The second kappa shape index (κ2) is 9.63. The van der Waals surface area contributed by atoms with Crippen LogP contribution < -0.4 is 14.8 Å². The van der Waals surface area contributed by atoms with Crippen molar-refractivity contribution in [1.29, 1.82) is 0 Å². The molecule has 5 heteroatoms. The summed E-state index contributed by atoms with van der Waals surface area (Å²) >= 11 is 10.1. The Morgan fingerprint density at radius 3 is 2.58 bits per heavy atom. The van der Waals surface area contributed by atoms with Gasteiger partial charge in [0.15, 0.2) is 11.5 Å². The van der Waals surface area contributed by atoms with Crippen molar-refractivity contribution < 1.29 is 9.47 Å². The fraction of sp³-hybridized carbons (Fsp3) is 0.154. The average Bonchev–Trinajstić information content (AvgIpc) is 2.77. The van der Waals surface area contributed by atoms with Crippen LogP contribution in [0.1, 0.15) is 16.7 Å². The fourth-order valence-electron chi connectivity index (χ4n) is 3.61. The number of ether oxygens (including phenoxy) is 2. The van der Waals surface area contributed by atoms with Crippen LogP contribution in [0.25, 0.3) is 10.8 Å². The molecule has 4 rings (SSSR count). The Labute approximate surface area is 196 Å². The van der Waals surface area contributed by atoms with Gasteiger partial charge in [0.1, 0.15) is 6.61 Å². The normalized spacial score (nSPS) is 10.8. The van der Waals surface area contributed by atoms with Crippen LogP contribution >= 0.6 is 27.5 Å². The van der Waals surface area contributed by atoms with Gasteiger partial charge in [-0.05, 0) is 64.7 Å². The van der Waals surface area contributed by atoms with Gasteiger partial charge in [0.2, 0.25) is 0 Å². The van der Waals surface area contributed by atoms with Crippen LogP contribution in [0.5, 0.6) is 11.5 Å². The van der Waals surface area contributed by atoms with E-state index in [9.17, 15) is 0 Å². The van der Waals surface area contributed by atoms with Gasteiger partial charge >= 0.3 is 0 Å². The maximum absolute atomic E-state index is 6.59. The highest BCUT2D eigenvalue weighted by Gasteiger charge is 2.13. The van der Waals surface area contributed by atoms with Crippen molar-refractivity contribution >= 4 is 44.0 Å². The maximum Gasteiger partial charge on any atom is 0.180 e. The molecule has 0 saturated carbocycles. The van der Waals surface area contributed by atoms with Crippen molar-refractivity contribution in [2.75, 3.05) is 12.4 Å². The van der Waals surface area contributed by atoms with Crippen molar-refractivity contribution in [2.24, 2.45) is 0 Å². The van der Waals surface area contributed by atoms with E-state index in [2.05, 4.69) is 64.6 Å². The minimum atomic E-state index is 0.410. The number of fused-ring (bicyclic) bond motifs is 1. The quantitative estimate of drug-likeness (QED) is 0.283. The summed E-state index contributed by atoms with van der Waals surface area (Å²) in [7, 11) is 1.63. The van der Waals surface area contributed by atoms with Gasteiger partial charge in [-0.2, -0.15) is 0 Å². The van der Waals surface area contributed by atoms with Gasteiger partial charge in [-0.1, -0.05) is 70.0 Å². The standard InChI is InChI=1S/C26H23BrClNO2/c1-17-12-21(27)10-11-24(17)29-15-18-13-23(28)26(25(14-18)30-2)31-16-20-8-5-7-19-6-3-4-9-22(19)20/h3-14,29H,15-16H2,1-2H3. The predicted octanol–water partition coefficient (Wildman–Crippen LogP) is 7.76. The van der Waals surface area contributed by atoms with Crippen LogP contribution in [-0.4, -0.2) is 7.11 Å². The van der Waals surface area contributed by atoms with Crippen LogP contribution in [0.15, 0.2) is 77.3 Å². The first-order chi connectivity index (χ1) is 15.0. The topological polar surface area (TPSA) is 30.5 Å².